The van der Waals surface area contributed by atoms with Crippen molar-refractivity contribution in [3.63, 3.8) is 0 Å². The lowest BCUT2D eigenvalue weighted by molar-refractivity contribution is -0.154. The molecule has 162 valence electrons. The Hall–Kier alpha value is -2.38. The Morgan fingerprint density at radius 3 is 2.53 bits per heavy atom. The van der Waals surface area contributed by atoms with Gasteiger partial charge in [-0.3, -0.25) is 9.59 Å². The fourth-order valence-corrected chi connectivity index (χ4v) is 6.66. The highest BCUT2D eigenvalue weighted by Crippen LogP contribution is 2.59. The lowest BCUT2D eigenvalue weighted by Crippen LogP contribution is -2.54. The molecule has 3 N–H and O–H groups in total. The molecule has 1 heterocycles. The minimum atomic E-state index is -0.689. The van der Waals surface area contributed by atoms with Crippen molar-refractivity contribution in [2.45, 2.75) is 64.0 Å². The van der Waals surface area contributed by atoms with Gasteiger partial charge in [-0.2, -0.15) is 0 Å². The van der Waals surface area contributed by atoms with Gasteiger partial charge in [-0.15, -0.1) is 0 Å². The van der Waals surface area contributed by atoms with Gasteiger partial charge in [-0.05, 0) is 68.1 Å². The van der Waals surface area contributed by atoms with Gasteiger partial charge in [0.25, 0.3) is 5.91 Å². The van der Waals surface area contributed by atoms with Crippen LogP contribution in [-0.4, -0.2) is 46.1 Å². The largest absolute Gasteiger partial charge is 0.481 e. The first-order valence-electron chi connectivity index (χ1n) is 11.1. The Labute approximate surface area is 176 Å². The molecule has 30 heavy (non-hydrogen) atoms. The van der Waals surface area contributed by atoms with Gasteiger partial charge in [0.05, 0.1) is 13.0 Å². The highest BCUT2D eigenvalue weighted by atomic mass is 16.5. The smallest absolute Gasteiger partial charge is 0.306 e. The number of carbonyl (C=O) groups excluding carboxylic acids is 1. The number of nitrogens with zero attached hydrogens (tertiary/aromatic N) is 2. The minimum Gasteiger partial charge on any atom is -0.481 e. The molecule has 1 amide bonds. The highest BCUT2D eigenvalue weighted by molar-refractivity contribution is 6.01. The topological polar surface area (TPSA) is 113 Å². The van der Waals surface area contributed by atoms with Crippen LogP contribution in [0.1, 0.15) is 62.2 Å². The van der Waals surface area contributed by atoms with E-state index in [-0.39, 0.29) is 35.2 Å². The maximum atomic E-state index is 13.2. The van der Waals surface area contributed by atoms with E-state index in [0.717, 1.165) is 31.6 Å². The number of fused-ring (bicyclic) bond motifs is 2. The Morgan fingerprint density at radius 1 is 1.17 bits per heavy atom. The summed E-state index contributed by atoms with van der Waals surface area (Å²) >= 11 is 0. The summed E-state index contributed by atoms with van der Waals surface area (Å²) in [4.78, 5) is 32.8. The molecule has 1 aromatic heterocycles. The molecule has 5 rings (SSSR count). The van der Waals surface area contributed by atoms with Gasteiger partial charge in [0, 0.05) is 12.1 Å². The molecule has 1 spiro atoms. The second-order valence-corrected chi connectivity index (χ2v) is 9.99. The van der Waals surface area contributed by atoms with Gasteiger partial charge < -0.3 is 20.5 Å². The van der Waals surface area contributed by atoms with Crippen molar-refractivity contribution in [3.8, 4) is 5.88 Å². The van der Waals surface area contributed by atoms with Crippen LogP contribution in [0.5, 0.6) is 5.88 Å². The first-order valence-corrected chi connectivity index (χ1v) is 11.1. The number of hydrogen-bond acceptors (Lipinski definition) is 6. The molecule has 0 aromatic carbocycles. The third-order valence-corrected chi connectivity index (χ3v) is 8.27. The van der Waals surface area contributed by atoms with E-state index in [4.69, 9.17) is 9.84 Å². The molecule has 4 unspecified atom stereocenters. The zero-order chi connectivity index (χ0) is 21.0. The third kappa shape index (κ3) is 3.11. The van der Waals surface area contributed by atoms with Crippen LogP contribution in [0.3, 0.4) is 0 Å². The first-order chi connectivity index (χ1) is 14.4. The van der Waals surface area contributed by atoms with E-state index in [1.54, 1.807) is 0 Å². The maximum Gasteiger partial charge on any atom is 0.306 e. The molecule has 1 aromatic rings. The predicted octanol–water partition coefficient (Wildman–Crippen LogP) is 2.70. The number of carbonyl (C=O) groups is 2. The molecule has 8 nitrogen and oxygen atoms in total. The summed E-state index contributed by atoms with van der Waals surface area (Å²) in [5.74, 6) is 1.49. The van der Waals surface area contributed by atoms with Gasteiger partial charge in [0.2, 0.25) is 5.88 Å². The van der Waals surface area contributed by atoms with Gasteiger partial charge in [0.15, 0.2) is 0 Å². The van der Waals surface area contributed by atoms with E-state index in [2.05, 4.69) is 27.5 Å². The number of aliphatic carboxylic acids is 1. The van der Waals surface area contributed by atoms with Gasteiger partial charge in [-0.1, -0.05) is 6.92 Å². The van der Waals surface area contributed by atoms with Crippen molar-refractivity contribution in [3.05, 3.63) is 11.9 Å². The molecule has 4 aliphatic rings. The molecular formula is C22H30N4O4. The number of rotatable bonds is 6. The van der Waals surface area contributed by atoms with Gasteiger partial charge >= 0.3 is 5.97 Å². The molecule has 4 fully saturated rings. The molecule has 0 aliphatic heterocycles. The number of methoxy groups -OCH3 is 1. The number of carboxylic acids is 1. The van der Waals surface area contributed by atoms with Crippen LogP contribution in [0.15, 0.2) is 6.33 Å². The van der Waals surface area contributed by atoms with Crippen molar-refractivity contribution in [2.24, 2.45) is 29.1 Å². The molecule has 2 bridgehead atoms. The molecule has 0 radical (unpaired) electrons. The monoisotopic (exact) mass is 414 g/mol. The summed E-state index contributed by atoms with van der Waals surface area (Å²) in [7, 11) is 1.52. The third-order valence-electron chi connectivity index (χ3n) is 8.27. The zero-order valence-electron chi connectivity index (χ0n) is 17.6. The summed E-state index contributed by atoms with van der Waals surface area (Å²) in [6, 6.07) is 0.385. The van der Waals surface area contributed by atoms with Crippen molar-refractivity contribution in [1.29, 1.82) is 0 Å². The number of aromatic nitrogens is 2. The average Bonchev–Trinajstić information content (AvgIpc) is 3.24. The molecule has 0 saturated heterocycles. The van der Waals surface area contributed by atoms with Crippen LogP contribution >= 0.6 is 0 Å². The quantitative estimate of drug-likeness (QED) is 0.656. The number of ether oxygens (including phenoxy) is 1. The van der Waals surface area contributed by atoms with Crippen LogP contribution in [0.4, 0.5) is 5.82 Å². The lowest BCUT2D eigenvalue weighted by atomic mass is 9.50. The summed E-state index contributed by atoms with van der Waals surface area (Å²) in [6.45, 7) is 2.24. The second-order valence-electron chi connectivity index (χ2n) is 9.99. The van der Waals surface area contributed by atoms with Gasteiger partial charge in [-0.25, -0.2) is 9.97 Å². The summed E-state index contributed by atoms with van der Waals surface area (Å²) in [5.41, 5.74) is 0.520. The van der Waals surface area contributed by atoms with Gasteiger partial charge in [0.1, 0.15) is 17.7 Å². The van der Waals surface area contributed by atoms with Crippen LogP contribution in [0.25, 0.3) is 0 Å². The SMILES string of the molecule is COc1ncnc(NC2CC3(C2)CC(C(=O)O)C3)c1C(=O)NC1C2CCC(C2)C1C. The Bertz CT molecular complexity index is 859. The number of nitrogens with one attached hydrogen (secondary N) is 2. The van der Waals surface area contributed by atoms with Crippen LogP contribution < -0.4 is 15.4 Å². The van der Waals surface area contributed by atoms with Crippen molar-refractivity contribution >= 4 is 17.7 Å². The molecular weight excluding hydrogens is 384 g/mol. The summed E-state index contributed by atoms with van der Waals surface area (Å²) in [5, 5.41) is 15.8. The Kier molecular flexibility index (Phi) is 4.63. The van der Waals surface area contributed by atoms with Crippen LogP contribution in [0, 0.1) is 29.1 Å². The van der Waals surface area contributed by atoms with E-state index in [1.165, 1.54) is 32.7 Å². The number of anilines is 1. The van der Waals surface area contributed by atoms with Crippen molar-refractivity contribution in [2.75, 3.05) is 12.4 Å². The zero-order valence-corrected chi connectivity index (χ0v) is 17.6. The van der Waals surface area contributed by atoms with Crippen molar-refractivity contribution in [1.82, 2.24) is 15.3 Å². The second kappa shape index (κ2) is 7.10. The Morgan fingerprint density at radius 2 is 1.90 bits per heavy atom. The molecule has 4 saturated carbocycles. The number of hydrogen-bond donors (Lipinski definition) is 3. The first kappa shape index (κ1) is 19.6. The summed E-state index contributed by atoms with van der Waals surface area (Å²) in [6.07, 6.45) is 8.41. The maximum absolute atomic E-state index is 13.2. The van der Waals surface area contributed by atoms with E-state index in [9.17, 15) is 9.59 Å². The van der Waals surface area contributed by atoms with E-state index < -0.39 is 5.97 Å². The predicted molar refractivity (Wildman–Crippen MR) is 109 cm³/mol. The molecule has 4 atom stereocenters. The fraction of sp³-hybridized carbons (Fsp3) is 0.727. The molecule has 4 aliphatic carbocycles. The summed E-state index contributed by atoms with van der Waals surface area (Å²) < 4.78 is 5.39. The van der Waals surface area contributed by atoms with E-state index in [1.807, 2.05) is 0 Å². The van der Waals surface area contributed by atoms with Crippen molar-refractivity contribution < 1.29 is 19.4 Å². The average molecular weight is 415 g/mol. The number of carboxylic acid groups (broad SMARTS) is 1. The minimum absolute atomic E-state index is 0.152. The number of amides is 1. The Balaban J connectivity index is 1.27. The van der Waals surface area contributed by atoms with Crippen LogP contribution in [0.2, 0.25) is 0 Å². The van der Waals surface area contributed by atoms with Crippen LogP contribution in [-0.2, 0) is 4.79 Å². The standard InChI is InChI=1S/C22H30N4O4/c1-11-12-3-4-13(5-12)17(11)26-19(27)16-18(23-10-24-20(16)30-2)25-15-8-22(9-15)6-14(7-22)21(28)29/h10-15,17H,3-9H2,1-2H3,(H,26,27)(H,28,29)(H,23,24,25). The van der Waals surface area contributed by atoms with E-state index in [0.29, 0.717) is 23.2 Å². The highest BCUT2D eigenvalue weighted by Gasteiger charge is 2.55. The van der Waals surface area contributed by atoms with E-state index >= 15 is 0 Å². The fourth-order valence-electron chi connectivity index (χ4n) is 6.66. The lowest BCUT2D eigenvalue weighted by Gasteiger charge is -2.56. The molecule has 8 heteroatoms. The normalized spacial score (nSPS) is 38.6.